The fraction of sp³-hybridized carbons (Fsp3) is 0.727. The van der Waals surface area contributed by atoms with E-state index in [0.29, 0.717) is 6.10 Å². The number of methoxy groups -OCH3 is 1. The Balaban J connectivity index is 1.22. The van der Waals surface area contributed by atoms with Gasteiger partial charge >= 0.3 is 0 Å². The third-order valence-electron chi connectivity index (χ3n) is 6.55. The molecule has 0 amide bonds. The Morgan fingerprint density at radius 3 is 2.44 bits per heavy atom. The minimum absolute atomic E-state index is 0.486. The molecule has 0 N–H and O–H groups in total. The van der Waals surface area contributed by atoms with E-state index < -0.39 is 0 Å². The summed E-state index contributed by atoms with van der Waals surface area (Å²) in [6, 6.07) is 9.16. The highest BCUT2D eigenvalue weighted by Crippen LogP contribution is 2.29. The zero-order valence-electron chi connectivity index (χ0n) is 16.8. The predicted molar refractivity (Wildman–Crippen MR) is 110 cm³/mol. The molecule has 3 aliphatic heterocycles. The number of hydrogen-bond acceptors (Lipinski definition) is 5. The summed E-state index contributed by atoms with van der Waals surface area (Å²) in [5.74, 6) is 0.990. The van der Waals surface area contributed by atoms with Gasteiger partial charge in [-0.15, -0.1) is 0 Å². The van der Waals surface area contributed by atoms with E-state index in [1.165, 1.54) is 50.9 Å². The molecule has 0 unspecified atom stereocenters. The Morgan fingerprint density at radius 1 is 0.963 bits per heavy atom. The molecule has 0 aromatic heterocycles. The van der Waals surface area contributed by atoms with Crippen LogP contribution in [-0.2, 0) is 4.74 Å². The van der Waals surface area contributed by atoms with Crippen LogP contribution in [0.25, 0.3) is 0 Å². The van der Waals surface area contributed by atoms with Crippen LogP contribution in [-0.4, -0.2) is 81.5 Å². The number of likely N-dealkylation sites (tertiary alicyclic amines) is 1. The minimum atomic E-state index is 0.486. The Bertz CT molecular complexity index is 575. The molecule has 5 heteroatoms. The van der Waals surface area contributed by atoms with Crippen LogP contribution in [0.4, 0.5) is 5.69 Å². The van der Waals surface area contributed by atoms with Crippen LogP contribution in [0.3, 0.4) is 0 Å². The van der Waals surface area contributed by atoms with Crippen LogP contribution in [0.15, 0.2) is 24.3 Å². The Kier molecular flexibility index (Phi) is 6.53. The molecule has 0 aliphatic carbocycles. The third kappa shape index (κ3) is 4.76. The third-order valence-corrected chi connectivity index (χ3v) is 6.55. The number of benzene rings is 1. The van der Waals surface area contributed by atoms with Crippen molar-refractivity contribution in [2.24, 2.45) is 0 Å². The number of piperazine rings is 1. The van der Waals surface area contributed by atoms with Gasteiger partial charge in [0.05, 0.1) is 18.9 Å². The summed E-state index contributed by atoms with van der Waals surface area (Å²) >= 11 is 0. The van der Waals surface area contributed by atoms with Crippen LogP contribution in [0, 0.1) is 0 Å². The fourth-order valence-electron chi connectivity index (χ4n) is 4.93. The van der Waals surface area contributed by atoms with Crippen molar-refractivity contribution in [3.63, 3.8) is 0 Å². The lowest BCUT2D eigenvalue weighted by atomic mass is 10.0. The van der Waals surface area contributed by atoms with Crippen LogP contribution in [0.1, 0.15) is 32.1 Å². The zero-order valence-corrected chi connectivity index (χ0v) is 16.8. The van der Waals surface area contributed by atoms with Crippen molar-refractivity contribution in [1.29, 1.82) is 0 Å². The first-order valence-corrected chi connectivity index (χ1v) is 10.8. The maximum absolute atomic E-state index is 5.93. The highest BCUT2D eigenvalue weighted by Gasteiger charge is 2.29. The molecule has 0 spiro atoms. The van der Waals surface area contributed by atoms with Crippen LogP contribution < -0.4 is 9.64 Å². The number of hydrogen-bond donors (Lipinski definition) is 0. The first-order valence-electron chi connectivity index (χ1n) is 10.8. The molecule has 0 bridgehead atoms. The van der Waals surface area contributed by atoms with Crippen molar-refractivity contribution < 1.29 is 9.47 Å². The minimum Gasteiger partial charge on any atom is -0.495 e. The van der Waals surface area contributed by atoms with Gasteiger partial charge in [-0.25, -0.2) is 0 Å². The molecule has 1 aromatic rings. The van der Waals surface area contributed by atoms with E-state index in [1.54, 1.807) is 7.11 Å². The summed E-state index contributed by atoms with van der Waals surface area (Å²) in [5.41, 5.74) is 1.24. The van der Waals surface area contributed by atoms with Gasteiger partial charge in [-0.1, -0.05) is 12.1 Å². The van der Waals surface area contributed by atoms with E-state index in [1.807, 2.05) is 6.07 Å². The van der Waals surface area contributed by atoms with E-state index in [4.69, 9.17) is 9.47 Å². The van der Waals surface area contributed by atoms with E-state index >= 15 is 0 Å². The molecule has 3 aliphatic rings. The molecule has 3 saturated heterocycles. The topological polar surface area (TPSA) is 28.2 Å². The fourth-order valence-corrected chi connectivity index (χ4v) is 4.93. The van der Waals surface area contributed by atoms with Crippen molar-refractivity contribution in [2.75, 3.05) is 64.4 Å². The smallest absolute Gasteiger partial charge is 0.142 e. The standard InChI is InChI=1S/C22H35N3O2/c1-26-22-8-3-2-7-21(22)25-15-13-24(14-16-25)19-9-11-23(12-10-19)18-20-6-4-5-17-27-20/h2-3,7-8,19-20H,4-6,9-18H2,1H3/t20-/m1/s1. The lowest BCUT2D eigenvalue weighted by Gasteiger charge is -2.44. The molecule has 27 heavy (non-hydrogen) atoms. The predicted octanol–water partition coefficient (Wildman–Crippen LogP) is 2.85. The molecule has 1 atom stereocenters. The van der Waals surface area contributed by atoms with Crippen molar-refractivity contribution in [2.45, 2.75) is 44.2 Å². The maximum Gasteiger partial charge on any atom is 0.142 e. The zero-order chi connectivity index (χ0) is 18.5. The lowest BCUT2D eigenvalue weighted by Crippen LogP contribution is -2.53. The number of anilines is 1. The molecule has 150 valence electrons. The first kappa shape index (κ1) is 19.0. The summed E-state index contributed by atoms with van der Waals surface area (Å²) in [5, 5.41) is 0. The summed E-state index contributed by atoms with van der Waals surface area (Å²) < 4.78 is 11.5. The number of para-hydroxylation sites is 2. The van der Waals surface area contributed by atoms with Gasteiger partial charge in [-0.2, -0.15) is 0 Å². The Hall–Kier alpha value is -1.30. The molecule has 3 heterocycles. The quantitative estimate of drug-likeness (QED) is 0.791. The van der Waals surface area contributed by atoms with Gasteiger partial charge < -0.3 is 19.3 Å². The van der Waals surface area contributed by atoms with Gasteiger partial charge in [0.2, 0.25) is 0 Å². The van der Waals surface area contributed by atoms with Crippen LogP contribution >= 0.6 is 0 Å². The summed E-state index contributed by atoms with van der Waals surface area (Å²) in [7, 11) is 1.77. The molecule has 3 fully saturated rings. The second-order valence-corrected chi connectivity index (χ2v) is 8.22. The van der Waals surface area contributed by atoms with Crippen molar-refractivity contribution in [1.82, 2.24) is 9.80 Å². The van der Waals surface area contributed by atoms with Gasteiger partial charge in [0.15, 0.2) is 0 Å². The lowest BCUT2D eigenvalue weighted by molar-refractivity contribution is -0.0141. The van der Waals surface area contributed by atoms with Gasteiger partial charge in [-0.05, 0) is 57.3 Å². The van der Waals surface area contributed by atoms with Crippen molar-refractivity contribution in [3.05, 3.63) is 24.3 Å². The molecule has 0 radical (unpaired) electrons. The number of rotatable bonds is 5. The second-order valence-electron chi connectivity index (χ2n) is 8.22. The van der Waals surface area contributed by atoms with Gasteiger partial charge in [0.1, 0.15) is 5.75 Å². The number of piperidine rings is 1. The summed E-state index contributed by atoms with van der Waals surface area (Å²) in [4.78, 5) is 7.84. The largest absolute Gasteiger partial charge is 0.495 e. The second kappa shape index (κ2) is 9.26. The van der Waals surface area contributed by atoms with Crippen LogP contribution in [0.2, 0.25) is 0 Å². The van der Waals surface area contributed by atoms with E-state index in [-0.39, 0.29) is 0 Å². The summed E-state index contributed by atoms with van der Waals surface area (Å²) in [6.45, 7) is 9.09. The molecule has 5 nitrogen and oxygen atoms in total. The van der Waals surface area contributed by atoms with Gasteiger partial charge in [-0.3, -0.25) is 4.90 Å². The molecule has 4 rings (SSSR count). The molecule has 0 saturated carbocycles. The number of ether oxygens (including phenoxy) is 2. The average Bonchev–Trinajstić information content (AvgIpc) is 2.75. The molecular formula is C22H35N3O2. The first-order chi connectivity index (χ1) is 13.3. The van der Waals surface area contributed by atoms with Gasteiger partial charge in [0.25, 0.3) is 0 Å². The van der Waals surface area contributed by atoms with Crippen molar-refractivity contribution >= 4 is 5.69 Å². The maximum atomic E-state index is 5.93. The van der Waals surface area contributed by atoms with Crippen LogP contribution in [0.5, 0.6) is 5.75 Å². The Labute approximate surface area is 164 Å². The highest BCUT2D eigenvalue weighted by molar-refractivity contribution is 5.58. The molecular weight excluding hydrogens is 338 g/mol. The highest BCUT2D eigenvalue weighted by atomic mass is 16.5. The monoisotopic (exact) mass is 373 g/mol. The normalized spacial score (nSPS) is 26.3. The summed E-state index contributed by atoms with van der Waals surface area (Å²) in [6.07, 6.45) is 6.95. The van der Waals surface area contributed by atoms with E-state index in [2.05, 4.69) is 32.9 Å². The van der Waals surface area contributed by atoms with Crippen molar-refractivity contribution in [3.8, 4) is 5.75 Å². The number of nitrogens with zero attached hydrogens (tertiary/aromatic N) is 3. The average molecular weight is 374 g/mol. The van der Waals surface area contributed by atoms with E-state index in [0.717, 1.165) is 51.1 Å². The SMILES string of the molecule is COc1ccccc1N1CCN(C2CCN(C[C@H]3CCCCO3)CC2)CC1. The van der Waals surface area contributed by atoms with Gasteiger partial charge in [0, 0.05) is 45.4 Å². The van der Waals surface area contributed by atoms with E-state index in [9.17, 15) is 0 Å². The molecule has 1 aromatic carbocycles. The Morgan fingerprint density at radius 2 is 1.74 bits per heavy atom.